The molecular formula is C23H20Cl2N2O4. The van der Waals surface area contributed by atoms with Crippen LogP contribution in [0.4, 0.5) is 0 Å². The fourth-order valence-corrected chi connectivity index (χ4v) is 3.13. The molecule has 3 rings (SSSR count). The van der Waals surface area contributed by atoms with E-state index in [0.29, 0.717) is 38.4 Å². The van der Waals surface area contributed by atoms with Gasteiger partial charge in [0.1, 0.15) is 23.9 Å². The van der Waals surface area contributed by atoms with E-state index >= 15 is 0 Å². The van der Waals surface area contributed by atoms with Crippen LogP contribution in [0, 0.1) is 0 Å². The third-order valence-electron chi connectivity index (χ3n) is 4.33. The summed E-state index contributed by atoms with van der Waals surface area (Å²) in [4.78, 5) is 12.3. The first-order valence-electron chi connectivity index (χ1n) is 9.22. The zero-order valence-corrected chi connectivity index (χ0v) is 18.4. The molecule has 0 spiro atoms. The van der Waals surface area contributed by atoms with Crippen molar-refractivity contribution in [1.82, 2.24) is 5.43 Å². The molecule has 0 aliphatic heterocycles. The second-order valence-corrected chi connectivity index (χ2v) is 7.20. The molecular weight excluding hydrogens is 439 g/mol. The van der Waals surface area contributed by atoms with E-state index in [1.165, 1.54) is 6.21 Å². The summed E-state index contributed by atoms with van der Waals surface area (Å²) < 4.78 is 16.2. The van der Waals surface area contributed by atoms with E-state index in [0.717, 1.165) is 5.56 Å². The first-order valence-corrected chi connectivity index (χ1v) is 9.98. The summed E-state index contributed by atoms with van der Waals surface area (Å²) in [5.41, 5.74) is 4.41. The van der Waals surface area contributed by atoms with Crippen LogP contribution in [0.2, 0.25) is 10.0 Å². The zero-order valence-electron chi connectivity index (χ0n) is 16.9. The molecule has 0 fully saturated rings. The van der Waals surface area contributed by atoms with Gasteiger partial charge in [-0.25, -0.2) is 5.43 Å². The van der Waals surface area contributed by atoms with E-state index in [2.05, 4.69) is 10.5 Å². The average Bonchev–Trinajstić information content (AvgIpc) is 2.78. The van der Waals surface area contributed by atoms with Gasteiger partial charge in [0.05, 0.1) is 20.4 Å². The molecule has 0 bridgehead atoms. The summed E-state index contributed by atoms with van der Waals surface area (Å²) in [6.45, 7) is 0.286. The van der Waals surface area contributed by atoms with E-state index < -0.39 is 0 Å². The summed E-state index contributed by atoms with van der Waals surface area (Å²) >= 11 is 12.0. The highest BCUT2D eigenvalue weighted by molar-refractivity contribution is 6.35. The molecule has 0 unspecified atom stereocenters. The number of rotatable bonds is 8. The van der Waals surface area contributed by atoms with Gasteiger partial charge in [-0.15, -0.1) is 0 Å². The molecule has 0 aromatic heterocycles. The molecule has 8 heteroatoms. The highest BCUT2D eigenvalue weighted by atomic mass is 35.5. The van der Waals surface area contributed by atoms with Crippen molar-refractivity contribution in [3.63, 3.8) is 0 Å². The Bertz CT molecular complexity index is 1090. The van der Waals surface area contributed by atoms with Crippen LogP contribution in [0.15, 0.2) is 65.8 Å². The van der Waals surface area contributed by atoms with Crippen LogP contribution in [0.1, 0.15) is 21.5 Å². The number of hydrogen-bond donors (Lipinski definition) is 1. The Morgan fingerprint density at radius 1 is 0.968 bits per heavy atom. The van der Waals surface area contributed by atoms with Gasteiger partial charge in [0, 0.05) is 26.7 Å². The number of hydrogen-bond acceptors (Lipinski definition) is 5. The summed E-state index contributed by atoms with van der Waals surface area (Å²) in [6, 6.07) is 17.2. The molecule has 0 saturated carbocycles. The predicted octanol–water partition coefficient (Wildman–Crippen LogP) is 5.35. The van der Waals surface area contributed by atoms with Crippen LogP contribution in [-0.4, -0.2) is 26.3 Å². The van der Waals surface area contributed by atoms with Crippen molar-refractivity contribution in [1.29, 1.82) is 0 Å². The Kier molecular flexibility index (Phi) is 7.76. The maximum absolute atomic E-state index is 12.3. The minimum Gasteiger partial charge on any atom is -0.497 e. The lowest BCUT2D eigenvalue weighted by atomic mass is 10.2. The quantitative estimate of drug-likeness (QED) is 0.364. The molecule has 3 aromatic carbocycles. The van der Waals surface area contributed by atoms with Crippen molar-refractivity contribution >= 4 is 35.3 Å². The number of ether oxygens (including phenoxy) is 3. The lowest BCUT2D eigenvalue weighted by molar-refractivity contribution is 0.0955. The van der Waals surface area contributed by atoms with E-state index in [1.807, 2.05) is 6.07 Å². The maximum atomic E-state index is 12.3. The Labute approximate surface area is 190 Å². The first-order chi connectivity index (χ1) is 15.0. The third kappa shape index (κ3) is 6.13. The van der Waals surface area contributed by atoms with E-state index in [1.54, 1.807) is 68.8 Å². The van der Waals surface area contributed by atoms with E-state index in [-0.39, 0.29) is 12.5 Å². The Morgan fingerprint density at radius 2 is 1.71 bits per heavy atom. The van der Waals surface area contributed by atoms with Gasteiger partial charge in [0.15, 0.2) is 0 Å². The first kappa shape index (κ1) is 22.5. The Balaban J connectivity index is 1.58. The van der Waals surface area contributed by atoms with Crippen LogP contribution < -0.4 is 19.6 Å². The standard InChI is InChI=1S/C23H20Cl2N2O4/c1-29-20-9-10-22(30-2)17(11-20)13-26-27-23(28)15-4-7-19(8-5-15)31-14-16-3-6-18(24)12-21(16)25/h3-13H,14H2,1-2H3,(H,27,28)/b26-13-. The van der Waals surface area contributed by atoms with Crippen LogP contribution in [0.5, 0.6) is 17.2 Å². The Morgan fingerprint density at radius 3 is 2.39 bits per heavy atom. The van der Waals surface area contributed by atoms with Gasteiger partial charge in [-0.05, 0) is 54.6 Å². The summed E-state index contributed by atoms with van der Waals surface area (Å²) in [6.07, 6.45) is 1.49. The molecule has 160 valence electrons. The SMILES string of the molecule is COc1ccc(OC)c(/C=N\NC(=O)c2ccc(OCc3ccc(Cl)cc3Cl)cc2)c1. The van der Waals surface area contributed by atoms with Gasteiger partial charge in [-0.1, -0.05) is 29.3 Å². The van der Waals surface area contributed by atoms with Crippen molar-refractivity contribution in [2.45, 2.75) is 6.61 Å². The van der Waals surface area contributed by atoms with Gasteiger partial charge in [-0.3, -0.25) is 4.79 Å². The second-order valence-electron chi connectivity index (χ2n) is 6.36. The van der Waals surface area contributed by atoms with Crippen molar-refractivity contribution < 1.29 is 19.0 Å². The molecule has 6 nitrogen and oxygen atoms in total. The maximum Gasteiger partial charge on any atom is 0.271 e. The van der Waals surface area contributed by atoms with Crippen molar-refractivity contribution in [2.24, 2.45) is 5.10 Å². The third-order valence-corrected chi connectivity index (χ3v) is 4.92. The van der Waals surface area contributed by atoms with Crippen molar-refractivity contribution in [3.05, 3.63) is 87.4 Å². The lowest BCUT2D eigenvalue weighted by Crippen LogP contribution is -2.17. The normalized spacial score (nSPS) is 10.7. The number of hydrazone groups is 1. The van der Waals surface area contributed by atoms with E-state index in [9.17, 15) is 4.79 Å². The molecule has 0 aliphatic carbocycles. The lowest BCUT2D eigenvalue weighted by Gasteiger charge is -2.09. The molecule has 1 N–H and O–H groups in total. The van der Waals surface area contributed by atoms with Crippen LogP contribution in [-0.2, 0) is 6.61 Å². The summed E-state index contributed by atoms with van der Waals surface area (Å²) in [5.74, 6) is 1.52. The molecule has 0 heterocycles. The number of benzene rings is 3. The van der Waals surface area contributed by atoms with Crippen LogP contribution >= 0.6 is 23.2 Å². The second kappa shape index (κ2) is 10.7. The summed E-state index contributed by atoms with van der Waals surface area (Å²) in [7, 11) is 3.13. The van der Waals surface area contributed by atoms with Gasteiger partial charge in [0.25, 0.3) is 5.91 Å². The number of methoxy groups -OCH3 is 2. The van der Waals surface area contributed by atoms with Gasteiger partial charge < -0.3 is 14.2 Å². The fraction of sp³-hybridized carbons (Fsp3) is 0.130. The fourth-order valence-electron chi connectivity index (χ4n) is 2.67. The highest BCUT2D eigenvalue weighted by Gasteiger charge is 2.07. The smallest absolute Gasteiger partial charge is 0.271 e. The average molecular weight is 459 g/mol. The number of amides is 1. The van der Waals surface area contributed by atoms with E-state index in [4.69, 9.17) is 37.4 Å². The summed E-state index contributed by atoms with van der Waals surface area (Å²) in [5, 5.41) is 5.10. The molecule has 0 saturated heterocycles. The van der Waals surface area contributed by atoms with Crippen molar-refractivity contribution in [3.8, 4) is 17.2 Å². The minimum atomic E-state index is -0.356. The molecule has 31 heavy (non-hydrogen) atoms. The van der Waals surface area contributed by atoms with Gasteiger partial charge >= 0.3 is 0 Å². The topological polar surface area (TPSA) is 69.2 Å². The molecule has 3 aromatic rings. The van der Waals surface area contributed by atoms with Gasteiger partial charge in [0.2, 0.25) is 0 Å². The molecule has 0 atom stereocenters. The molecule has 0 radical (unpaired) electrons. The van der Waals surface area contributed by atoms with Crippen LogP contribution in [0.3, 0.4) is 0 Å². The Hall–Kier alpha value is -3.22. The van der Waals surface area contributed by atoms with Crippen molar-refractivity contribution in [2.75, 3.05) is 14.2 Å². The molecule has 0 aliphatic rings. The van der Waals surface area contributed by atoms with Gasteiger partial charge in [-0.2, -0.15) is 5.10 Å². The number of nitrogens with one attached hydrogen (secondary N) is 1. The number of nitrogens with zero attached hydrogens (tertiary/aromatic N) is 1. The molecule has 1 amide bonds. The predicted molar refractivity (Wildman–Crippen MR) is 122 cm³/mol. The zero-order chi connectivity index (χ0) is 22.2. The number of carbonyl (C=O) groups is 1. The number of carbonyl (C=O) groups excluding carboxylic acids is 1. The monoisotopic (exact) mass is 458 g/mol. The largest absolute Gasteiger partial charge is 0.497 e. The van der Waals surface area contributed by atoms with Crippen LogP contribution in [0.25, 0.3) is 0 Å². The minimum absolute atomic E-state index is 0.286. The highest BCUT2D eigenvalue weighted by Crippen LogP contribution is 2.23. The number of halogens is 2.